The van der Waals surface area contributed by atoms with E-state index in [9.17, 15) is 0 Å². The number of nitrogens with zero attached hydrogens (tertiary/aromatic N) is 2. The van der Waals surface area contributed by atoms with Crippen LogP contribution in [0.2, 0.25) is 0 Å². The van der Waals surface area contributed by atoms with E-state index >= 15 is 0 Å². The molecule has 0 aliphatic rings. The number of benzene rings is 1. The molecule has 0 saturated carbocycles. The first-order valence-corrected chi connectivity index (χ1v) is 7.48. The standard InChI is InChI=1S/C13H15BrIN3/c1-13(2,3)11-10(15)12(16)18(17-11)9-6-4-8(14)5-7-9/h4-7H,16H2,1-3H3. The Morgan fingerprint density at radius 2 is 1.78 bits per heavy atom. The minimum atomic E-state index is -0.00867. The molecule has 5 heteroatoms. The molecule has 0 bridgehead atoms. The molecule has 2 rings (SSSR count). The van der Waals surface area contributed by atoms with E-state index in [1.165, 1.54) is 0 Å². The van der Waals surface area contributed by atoms with Crippen molar-refractivity contribution in [2.75, 3.05) is 5.73 Å². The third kappa shape index (κ3) is 2.56. The van der Waals surface area contributed by atoms with Gasteiger partial charge >= 0.3 is 0 Å². The van der Waals surface area contributed by atoms with Gasteiger partial charge < -0.3 is 5.73 Å². The molecule has 0 saturated heterocycles. The Morgan fingerprint density at radius 1 is 1.22 bits per heavy atom. The van der Waals surface area contributed by atoms with Crippen LogP contribution in [0.15, 0.2) is 28.7 Å². The molecule has 2 N–H and O–H groups in total. The molecule has 0 spiro atoms. The lowest BCUT2D eigenvalue weighted by atomic mass is 9.92. The average molecular weight is 420 g/mol. The van der Waals surface area contributed by atoms with Crippen molar-refractivity contribution < 1.29 is 0 Å². The van der Waals surface area contributed by atoms with Gasteiger partial charge in [0.15, 0.2) is 0 Å². The number of hydrogen-bond donors (Lipinski definition) is 1. The van der Waals surface area contributed by atoms with Gasteiger partial charge in [-0.3, -0.25) is 0 Å². The van der Waals surface area contributed by atoms with Crippen LogP contribution in [0.1, 0.15) is 26.5 Å². The zero-order valence-corrected chi connectivity index (χ0v) is 14.3. The number of hydrogen-bond acceptors (Lipinski definition) is 2. The molecule has 0 radical (unpaired) electrons. The zero-order valence-electron chi connectivity index (χ0n) is 10.5. The van der Waals surface area contributed by atoms with Gasteiger partial charge in [-0.15, -0.1) is 0 Å². The summed E-state index contributed by atoms with van der Waals surface area (Å²) in [4.78, 5) is 0. The first-order chi connectivity index (χ1) is 8.30. The summed E-state index contributed by atoms with van der Waals surface area (Å²) in [5, 5.41) is 4.65. The maximum atomic E-state index is 6.15. The van der Waals surface area contributed by atoms with E-state index in [0.717, 1.165) is 19.4 Å². The molecule has 0 aliphatic heterocycles. The minimum Gasteiger partial charge on any atom is -0.383 e. The van der Waals surface area contributed by atoms with Gasteiger partial charge in [-0.25, -0.2) is 4.68 Å². The second-order valence-electron chi connectivity index (χ2n) is 5.19. The average Bonchev–Trinajstić information content (AvgIpc) is 2.57. The molecule has 18 heavy (non-hydrogen) atoms. The highest BCUT2D eigenvalue weighted by atomic mass is 127. The van der Waals surface area contributed by atoms with E-state index in [1.54, 1.807) is 4.68 Å². The summed E-state index contributed by atoms with van der Waals surface area (Å²) in [5.74, 6) is 0.697. The van der Waals surface area contributed by atoms with Crippen LogP contribution >= 0.6 is 38.5 Å². The van der Waals surface area contributed by atoms with Crippen LogP contribution in [-0.4, -0.2) is 9.78 Å². The van der Waals surface area contributed by atoms with Gasteiger partial charge in [-0.05, 0) is 46.9 Å². The van der Waals surface area contributed by atoms with Crippen molar-refractivity contribution in [3.05, 3.63) is 38.0 Å². The predicted octanol–water partition coefficient (Wildman–Crippen LogP) is 4.12. The topological polar surface area (TPSA) is 43.8 Å². The molecule has 0 atom stereocenters. The largest absolute Gasteiger partial charge is 0.383 e. The van der Waals surface area contributed by atoms with Crippen molar-refractivity contribution in [3.63, 3.8) is 0 Å². The van der Waals surface area contributed by atoms with Crippen molar-refractivity contribution in [1.29, 1.82) is 0 Å². The molecule has 2 aromatic rings. The molecule has 0 amide bonds. The van der Waals surface area contributed by atoms with Crippen molar-refractivity contribution in [1.82, 2.24) is 9.78 Å². The first-order valence-electron chi connectivity index (χ1n) is 5.61. The maximum absolute atomic E-state index is 6.15. The van der Waals surface area contributed by atoms with E-state index < -0.39 is 0 Å². The maximum Gasteiger partial charge on any atom is 0.141 e. The second kappa shape index (κ2) is 4.85. The highest BCUT2D eigenvalue weighted by Gasteiger charge is 2.24. The minimum absolute atomic E-state index is 0.00867. The van der Waals surface area contributed by atoms with E-state index in [2.05, 4.69) is 64.4 Å². The zero-order chi connectivity index (χ0) is 13.5. The summed E-state index contributed by atoms with van der Waals surface area (Å²) in [6.45, 7) is 6.43. The van der Waals surface area contributed by atoms with Gasteiger partial charge in [0.2, 0.25) is 0 Å². The SMILES string of the molecule is CC(C)(C)c1nn(-c2ccc(Br)cc2)c(N)c1I. The Kier molecular flexibility index (Phi) is 3.73. The Morgan fingerprint density at radius 3 is 2.22 bits per heavy atom. The van der Waals surface area contributed by atoms with Crippen LogP contribution in [0, 0.1) is 3.57 Å². The Bertz CT molecular complexity index is 567. The Hall–Kier alpha value is -0.560. The van der Waals surface area contributed by atoms with Gasteiger partial charge in [-0.1, -0.05) is 36.7 Å². The number of aromatic nitrogens is 2. The lowest BCUT2D eigenvalue weighted by Crippen LogP contribution is -2.14. The summed E-state index contributed by atoms with van der Waals surface area (Å²) >= 11 is 5.69. The smallest absolute Gasteiger partial charge is 0.141 e. The van der Waals surface area contributed by atoms with E-state index in [1.807, 2.05) is 24.3 Å². The predicted molar refractivity (Wildman–Crippen MR) is 87.1 cm³/mol. The van der Waals surface area contributed by atoms with Crippen LogP contribution < -0.4 is 5.73 Å². The van der Waals surface area contributed by atoms with Crippen LogP contribution in [0.3, 0.4) is 0 Å². The summed E-state index contributed by atoms with van der Waals surface area (Å²) in [5.41, 5.74) is 8.15. The first kappa shape index (κ1) is 13.9. The molecule has 3 nitrogen and oxygen atoms in total. The van der Waals surface area contributed by atoms with Crippen LogP contribution in [0.5, 0.6) is 0 Å². The van der Waals surface area contributed by atoms with E-state index in [4.69, 9.17) is 5.73 Å². The van der Waals surface area contributed by atoms with Crippen molar-refractivity contribution >= 4 is 44.3 Å². The van der Waals surface area contributed by atoms with Gasteiger partial charge in [0, 0.05) is 9.89 Å². The molecular formula is C13H15BrIN3. The van der Waals surface area contributed by atoms with Crippen molar-refractivity contribution in [3.8, 4) is 5.69 Å². The van der Waals surface area contributed by atoms with Crippen molar-refractivity contribution in [2.24, 2.45) is 0 Å². The lowest BCUT2D eigenvalue weighted by molar-refractivity contribution is 0.557. The van der Waals surface area contributed by atoms with Gasteiger partial charge in [-0.2, -0.15) is 5.10 Å². The van der Waals surface area contributed by atoms with Gasteiger partial charge in [0.05, 0.1) is 15.0 Å². The normalized spacial score (nSPS) is 11.8. The van der Waals surface area contributed by atoms with Crippen LogP contribution in [-0.2, 0) is 5.41 Å². The van der Waals surface area contributed by atoms with E-state index in [-0.39, 0.29) is 5.41 Å². The van der Waals surface area contributed by atoms with E-state index in [0.29, 0.717) is 5.82 Å². The van der Waals surface area contributed by atoms with Gasteiger partial charge in [0.25, 0.3) is 0 Å². The Labute approximate surface area is 129 Å². The summed E-state index contributed by atoms with van der Waals surface area (Å²) < 4.78 is 3.88. The molecule has 1 heterocycles. The third-order valence-electron chi connectivity index (χ3n) is 2.64. The van der Waals surface area contributed by atoms with Crippen molar-refractivity contribution in [2.45, 2.75) is 26.2 Å². The Balaban J connectivity index is 2.56. The lowest BCUT2D eigenvalue weighted by Gasteiger charge is -2.15. The fourth-order valence-corrected chi connectivity index (χ4v) is 3.08. The quantitative estimate of drug-likeness (QED) is 0.706. The third-order valence-corrected chi connectivity index (χ3v) is 4.23. The number of halogens is 2. The van der Waals surface area contributed by atoms with Crippen LogP contribution in [0.4, 0.5) is 5.82 Å². The number of nitrogens with two attached hydrogens (primary N) is 1. The summed E-state index contributed by atoms with van der Waals surface area (Å²) in [6, 6.07) is 7.96. The molecule has 0 fully saturated rings. The fraction of sp³-hybridized carbons (Fsp3) is 0.308. The molecule has 1 aromatic carbocycles. The molecule has 0 aliphatic carbocycles. The molecule has 1 aromatic heterocycles. The van der Waals surface area contributed by atoms with Crippen LogP contribution in [0.25, 0.3) is 5.69 Å². The number of anilines is 1. The molecule has 96 valence electrons. The molecular weight excluding hydrogens is 405 g/mol. The van der Waals surface area contributed by atoms with Gasteiger partial charge in [0.1, 0.15) is 5.82 Å². The summed E-state index contributed by atoms with van der Waals surface area (Å²) in [7, 11) is 0. The monoisotopic (exact) mass is 419 g/mol. The number of rotatable bonds is 1. The highest BCUT2D eigenvalue weighted by Crippen LogP contribution is 2.31. The molecule has 0 unspecified atom stereocenters. The second-order valence-corrected chi connectivity index (χ2v) is 7.18. The highest BCUT2D eigenvalue weighted by molar-refractivity contribution is 14.1. The fourth-order valence-electron chi connectivity index (χ4n) is 1.67. The number of nitrogen functional groups attached to an aromatic ring is 1. The summed E-state index contributed by atoms with van der Waals surface area (Å²) in [6.07, 6.45) is 0.